The van der Waals surface area contributed by atoms with Gasteiger partial charge in [0, 0.05) is 25.3 Å². The standard InChI is InChI=1S/C30H40N4O5/c1-6-7-8-9-24-18-27(31-21-30(2,3)35)28(34(36)37)29(32-24)33(19-22-10-14-25(38-4)15-11-22)20-23-12-16-26(39-5)17-13-23/h10-18,35H,6-9,19-21H2,1-5H3,(H,31,32). The number of rotatable bonds is 15. The topological polar surface area (TPSA) is 110 Å². The molecule has 9 heteroatoms. The first kappa shape index (κ1) is 29.7. The summed E-state index contributed by atoms with van der Waals surface area (Å²) in [5.74, 6) is 1.76. The zero-order chi connectivity index (χ0) is 28.4. The Labute approximate surface area is 230 Å². The Morgan fingerprint density at radius 1 is 0.974 bits per heavy atom. The lowest BCUT2D eigenvalue weighted by molar-refractivity contribution is -0.383. The van der Waals surface area contributed by atoms with Crippen LogP contribution >= 0.6 is 0 Å². The maximum Gasteiger partial charge on any atom is 0.334 e. The third-order valence-corrected chi connectivity index (χ3v) is 6.32. The number of unbranched alkanes of at least 4 members (excludes halogenated alkanes) is 2. The Morgan fingerprint density at radius 3 is 1.95 bits per heavy atom. The lowest BCUT2D eigenvalue weighted by Gasteiger charge is -2.26. The molecule has 2 aromatic carbocycles. The number of pyridine rings is 1. The molecule has 0 amide bonds. The van der Waals surface area contributed by atoms with Crippen LogP contribution in [0.25, 0.3) is 0 Å². The molecule has 0 atom stereocenters. The highest BCUT2D eigenvalue weighted by atomic mass is 16.6. The van der Waals surface area contributed by atoms with Gasteiger partial charge in [-0.05, 0) is 68.1 Å². The normalized spacial score (nSPS) is 11.2. The number of nitrogens with one attached hydrogen (secondary N) is 1. The summed E-state index contributed by atoms with van der Waals surface area (Å²) in [5, 5.41) is 26.0. The van der Waals surface area contributed by atoms with E-state index in [4.69, 9.17) is 14.5 Å². The van der Waals surface area contributed by atoms with E-state index in [1.54, 1.807) is 34.1 Å². The summed E-state index contributed by atoms with van der Waals surface area (Å²) in [5.41, 5.74) is 1.89. The van der Waals surface area contributed by atoms with E-state index in [9.17, 15) is 15.2 Å². The number of nitro groups is 1. The third-order valence-electron chi connectivity index (χ3n) is 6.32. The second-order valence-electron chi connectivity index (χ2n) is 10.3. The number of aliphatic hydroxyl groups is 1. The molecule has 0 unspecified atom stereocenters. The van der Waals surface area contributed by atoms with Crippen molar-refractivity contribution in [3.05, 3.63) is 81.5 Å². The van der Waals surface area contributed by atoms with Crippen molar-refractivity contribution < 1.29 is 19.5 Å². The van der Waals surface area contributed by atoms with E-state index < -0.39 is 5.60 Å². The molecule has 0 aliphatic heterocycles. The number of anilines is 2. The van der Waals surface area contributed by atoms with Gasteiger partial charge in [0.2, 0.25) is 5.82 Å². The van der Waals surface area contributed by atoms with Crippen LogP contribution in [-0.2, 0) is 19.5 Å². The number of nitrogens with zero attached hydrogens (tertiary/aromatic N) is 3. The largest absolute Gasteiger partial charge is 0.497 e. The van der Waals surface area contributed by atoms with Crippen LogP contribution in [0.2, 0.25) is 0 Å². The van der Waals surface area contributed by atoms with Gasteiger partial charge >= 0.3 is 5.69 Å². The van der Waals surface area contributed by atoms with E-state index in [1.807, 2.05) is 53.4 Å². The molecule has 0 spiro atoms. The number of aryl methyl sites for hydroxylation is 1. The molecule has 9 nitrogen and oxygen atoms in total. The first-order valence-electron chi connectivity index (χ1n) is 13.3. The van der Waals surface area contributed by atoms with Gasteiger partial charge < -0.3 is 24.8 Å². The highest BCUT2D eigenvalue weighted by Crippen LogP contribution is 2.37. The second-order valence-corrected chi connectivity index (χ2v) is 10.3. The summed E-state index contributed by atoms with van der Waals surface area (Å²) >= 11 is 0. The first-order valence-corrected chi connectivity index (χ1v) is 13.3. The van der Waals surface area contributed by atoms with Gasteiger partial charge in [-0.25, -0.2) is 4.98 Å². The summed E-state index contributed by atoms with van der Waals surface area (Å²) in [6, 6.07) is 17.0. The maximum atomic E-state index is 12.5. The van der Waals surface area contributed by atoms with Crippen molar-refractivity contribution in [1.29, 1.82) is 0 Å². The van der Waals surface area contributed by atoms with Crippen molar-refractivity contribution in [3.63, 3.8) is 0 Å². The fourth-order valence-electron chi connectivity index (χ4n) is 4.22. The number of methoxy groups -OCH3 is 2. The minimum absolute atomic E-state index is 0.111. The van der Waals surface area contributed by atoms with Crippen LogP contribution in [0.1, 0.15) is 56.9 Å². The van der Waals surface area contributed by atoms with Crippen molar-refractivity contribution in [2.24, 2.45) is 0 Å². The van der Waals surface area contributed by atoms with E-state index in [0.29, 0.717) is 31.0 Å². The molecule has 1 heterocycles. The highest BCUT2D eigenvalue weighted by Gasteiger charge is 2.29. The van der Waals surface area contributed by atoms with E-state index in [2.05, 4.69) is 12.2 Å². The van der Waals surface area contributed by atoms with Gasteiger partial charge in [-0.15, -0.1) is 0 Å². The quantitative estimate of drug-likeness (QED) is 0.136. The number of benzene rings is 2. The molecule has 0 bridgehead atoms. The maximum absolute atomic E-state index is 12.5. The highest BCUT2D eigenvalue weighted by molar-refractivity contribution is 5.75. The molecule has 0 fully saturated rings. The number of ether oxygens (including phenoxy) is 2. The fourth-order valence-corrected chi connectivity index (χ4v) is 4.22. The summed E-state index contributed by atoms with van der Waals surface area (Å²) in [4.78, 5) is 18.9. The number of hydrogen-bond acceptors (Lipinski definition) is 8. The van der Waals surface area contributed by atoms with Crippen LogP contribution in [0.5, 0.6) is 11.5 Å². The van der Waals surface area contributed by atoms with Gasteiger partial charge in [0.15, 0.2) is 0 Å². The Hall–Kier alpha value is -3.85. The average Bonchev–Trinajstić information content (AvgIpc) is 2.91. The molecule has 0 aliphatic rings. The van der Waals surface area contributed by atoms with Gasteiger partial charge in [0.05, 0.1) is 24.7 Å². The SMILES string of the molecule is CCCCCc1cc(NCC(C)(C)O)c([N+](=O)[O-])c(N(Cc2ccc(OC)cc2)Cc2ccc(OC)cc2)n1. The molecular weight excluding hydrogens is 496 g/mol. The van der Waals surface area contributed by atoms with Crippen LogP contribution in [0.3, 0.4) is 0 Å². The molecule has 39 heavy (non-hydrogen) atoms. The lowest BCUT2D eigenvalue weighted by atomic mass is 10.1. The predicted molar refractivity (Wildman–Crippen MR) is 155 cm³/mol. The van der Waals surface area contributed by atoms with Crippen molar-refractivity contribution in [3.8, 4) is 11.5 Å². The Morgan fingerprint density at radius 2 is 1.51 bits per heavy atom. The summed E-state index contributed by atoms with van der Waals surface area (Å²) < 4.78 is 10.6. The molecule has 0 radical (unpaired) electrons. The first-order chi connectivity index (χ1) is 18.6. The third kappa shape index (κ3) is 8.85. The van der Waals surface area contributed by atoms with Crippen LogP contribution in [0.4, 0.5) is 17.2 Å². The average molecular weight is 537 g/mol. The molecule has 3 aromatic rings. The summed E-state index contributed by atoms with van der Waals surface area (Å²) in [6.45, 7) is 6.41. The van der Waals surface area contributed by atoms with E-state index >= 15 is 0 Å². The zero-order valence-electron chi connectivity index (χ0n) is 23.6. The van der Waals surface area contributed by atoms with E-state index in [1.165, 1.54) is 0 Å². The Balaban J connectivity index is 2.12. The van der Waals surface area contributed by atoms with Gasteiger partial charge in [0.1, 0.15) is 17.2 Å². The predicted octanol–water partition coefficient (Wildman–Crippen LogP) is 6.13. The van der Waals surface area contributed by atoms with E-state index in [-0.39, 0.29) is 17.2 Å². The Bertz CT molecular complexity index is 1160. The van der Waals surface area contributed by atoms with Gasteiger partial charge in [0.25, 0.3) is 0 Å². The summed E-state index contributed by atoms with van der Waals surface area (Å²) in [6.07, 6.45) is 3.74. The van der Waals surface area contributed by atoms with E-state index in [0.717, 1.165) is 47.6 Å². The fraction of sp³-hybridized carbons (Fsp3) is 0.433. The number of hydrogen-bond donors (Lipinski definition) is 2. The minimum Gasteiger partial charge on any atom is -0.497 e. The molecule has 210 valence electrons. The molecule has 0 saturated carbocycles. The smallest absolute Gasteiger partial charge is 0.334 e. The van der Waals surface area contributed by atoms with Gasteiger partial charge in [-0.1, -0.05) is 44.0 Å². The molecule has 2 N–H and O–H groups in total. The lowest BCUT2D eigenvalue weighted by Crippen LogP contribution is -2.30. The zero-order valence-corrected chi connectivity index (χ0v) is 23.6. The van der Waals surface area contributed by atoms with Crippen LogP contribution in [0, 0.1) is 10.1 Å². The summed E-state index contributed by atoms with van der Waals surface area (Å²) in [7, 11) is 3.23. The van der Waals surface area contributed by atoms with Crippen molar-refractivity contribution in [2.75, 3.05) is 31.0 Å². The van der Waals surface area contributed by atoms with Crippen LogP contribution in [-0.4, -0.2) is 41.4 Å². The molecule has 1 aromatic heterocycles. The minimum atomic E-state index is -1.05. The van der Waals surface area contributed by atoms with Gasteiger partial charge in [-0.2, -0.15) is 0 Å². The monoisotopic (exact) mass is 536 g/mol. The second kappa shape index (κ2) is 13.8. The Kier molecular flexibility index (Phi) is 10.5. The molecule has 0 aliphatic carbocycles. The molecule has 3 rings (SSSR count). The number of aromatic nitrogens is 1. The van der Waals surface area contributed by atoms with Crippen molar-refractivity contribution >= 4 is 17.2 Å². The van der Waals surface area contributed by atoms with Crippen LogP contribution < -0.4 is 19.7 Å². The van der Waals surface area contributed by atoms with Crippen LogP contribution in [0.15, 0.2) is 54.6 Å². The van der Waals surface area contributed by atoms with Crippen molar-refractivity contribution in [1.82, 2.24) is 4.98 Å². The van der Waals surface area contributed by atoms with Gasteiger partial charge in [-0.3, -0.25) is 10.1 Å². The van der Waals surface area contributed by atoms with Crippen molar-refractivity contribution in [2.45, 2.75) is 65.1 Å². The molecule has 0 saturated heterocycles. The molecular formula is C30H40N4O5.